The van der Waals surface area contributed by atoms with E-state index in [-0.39, 0.29) is 36.0 Å². The Labute approximate surface area is 163 Å². The number of hydrogen-bond acceptors (Lipinski definition) is 5. The minimum atomic E-state index is -3.86. The summed E-state index contributed by atoms with van der Waals surface area (Å²) in [7, 11) is -3.86. The highest BCUT2D eigenvalue weighted by Gasteiger charge is 2.29. The van der Waals surface area contributed by atoms with Crippen molar-refractivity contribution in [1.82, 2.24) is 9.62 Å². The van der Waals surface area contributed by atoms with Gasteiger partial charge in [-0.15, -0.1) is 0 Å². The highest BCUT2D eigenvalue weighted by Crippen LogP contribution is 2.20. The fraction of sp³-hybridized carbons (Fsp3) is 0.263. The normalized spacial score (nSPS) is 15.0. The predicted molar refractivity (Wildman–Crippen MR) is 104 cm³/mol. The SMILES string of the molecule is CCOc1ccc(NC(=O)c2cccc(S(=O)(=O)N3CCNC(=O)C3)c2)cc1. The van der Waals surface area contributed by atoms with Crippen LogP contribution < -0.4 is 15.4 Å². The molecule has 0 aromatic heterocycles. The minimum absolute atomic E-state index is 0.0263. The van der Waals surface area contributed by atoms with Gasteiger partial charge in [0.1, 0.15) is 5.75 Å². The first kappa shape index (κ1) is 19.8. The molecule has 1 fully saturated rings. The Kier molecular flexibility index (Phi) is 5.96. The summed E-state index contributed by atoms with van der Waals surface area (Å²) in [5, 5.41) is 5.31. The van der Waals surface area contributed by atoms with Gasteiger partial charge in [0.05, 0.1) is 18.0 Å². The summed E-state index contributed by atoms with van der Waals surface area (Å²) in [6.07, 6.45) is 0. The Hall–Kier alpha value is -2.91. The highest BCUT2D eigenvalue weighted by molar-refractivity contribution is 7.89. The topological polar surface area (TPSA) is 105 Å². The quantitative estimate of drug-likeness (QED) is 0.760. The lowest BCUT2D eigenvalue weighted by Gasteiger charge is -2.26. The molecule has 9 heteroatoms. The van der Waals surface area contributed by atoms with Crippen LogP contribution in [0, 0.1) is 0 Å². The molecular formula is C19H21N3O5S. The molecule has 0 atom stereocenters. The van der Waals surface area contributed by atoms with Crippen LogP contribution in [0.5, 0.6) is 5.75 Å². The lowest BCUT2D eigenvalue weighted by atomic mass is 10.2. The Morgan fingerprint density at radius 2 is 1.96 bits per heavy atom. The van der Waals surface area contributed by atoms with Crippen LogP contribution in [-0.2, 0) is 14.8 Å². The van der Waals surface area contributed by atoms with Crippen molar-refractivity contribution in [1.29, 1.82) is 0 Å². The second-order valence-corrected chi connectivity index (χ2v) is 8.07. The van der Waals surface area contributed by atoms with Crippen LogP contribution in [0.1, 0.15) is 17.3 Å². The molecule has 1 aliphatic heterocycles. The van der Waals surface area contributed by atoms with Crippen molar-refractivity contribution in [2.45, 2.75) is 11.8 Å². The number of hydrogen-bond donors (Lipinski definition) is 2. The molecule has 3 rings (SSSR count). The van der Waals surface area contributed by atoms with Crippen molar-refractivity contribution in [3.8, 4) is 5.75 Å². The van der Waals surface area contributed by atoms with E-state index < -0.39 is 15.9 Å². The molecule has 0 bridgehead atoms. The molecule has 0 aliphatic carbocycles. The highest BCUT2D eigenvalue weighted by atomic mass is 32.2. The second kappa shape index (κ2) is 8.41. The largest absolute Gasteiger partial charge is 0.494 e. The summed E-state index contributed by atoms with van der Waals surface area (Å²) < 4.78 is 32.0. The van der Waals surface area contributed by atoms with E-state index in [1.54, 1.807) is 24.3 Å². The molecule has 0 unspecified atom stereocenters. The van der Waals surface area contributed by atoms with Crippen LogP contribution in [0.3, 0.4) is 0 Å². The zero-order chi connectivity index (χ0) is 20.1. The van der Waals surface area contributed by atoms with E-state index in [0.29, 0.717) is 18.0 Å². The summed E-state index contributed by atoms with van der Waals surface area (Å²) in [5.74, 6) is -0.0871. The maximum atomic E-state index is 12.8. The standard InChI is InChI=1S/C19H21N3O5S/c1-2-27-16-8-6-15(7-9-16)21-19(24)14-4-3-5-17(12-14)28(25,26)22-11-10-20-18(23)13-22/h3-9,12H,2,10-11,13H2,1H3,(H,20,23)(H,21,24). The third-order valence-corrected chi connectivity index (χ3v) is 6.00. The summed E-state index contributed by atoms with van der Waals surface area (Å²) >= 11 is 0. The molecule has 28 heavy (non-hydrogen) atoms. The molecule has 2 aromatic rings. The fourth-order valence-electron chi connectivity index (χ4n) is 2.77. The Morgan fingerprint density at radius 1 is 1.21 bits per heavy atom. The van der Waals surface area contributed by atoms with Crippen LogP contribution in [-0.4, -0.2) is 50.8 Å². The lowest BCUT2D eigenvalue weighted by Crippen LogP contribution is -2.49. The van der Waals surface area contributed by atoms with E-state index in [1.807, 2.05) is 6.92 Å². The van der Waals surface area contributed by atoms with Gasteiger partial charge in [0.15, 0.2) is 0 Å². The fourth-order valence-corrected chi connectivity index (χ4v) is 4.22. The van der Waals surface area contributed by atoms with Crippen LogP contribution in [0.2, 0.25) is 0 Å². The van der Waals surface area contributed by atoms with E-state index in [0.717, 1.165) is 4.31 Å². The monoisotopic (exact) mass is 403 g/mol. The van der Waals surface area contributed by atoms with Crippen LogP contribution >= 0.6 is 0 Å². The van der Waals surface area contributed by atoms with E-state index in [2.05, 4.69) is 10.6 Å². The van der Waals surface area contributed by atoms with E-state index in [1.165, 1.54) is 24.3 Å². The van der Waals surface area contributed by atoms with Gasteiger partial charge in [-0.25, -0.2) is 8.42 Å². The summed E-state index contributed by atoms with van der Waals surface area (Å²) in [6, 6.07) is 12.6. The van der Waals surface area contributed by atoms with Gasteiger partial charge in [-0.1, -0.05) is 6.07 Å². The molecule has 1 saturated heterocycles. The maximum absolute atomic E-state index is 12.8. The average molecular weight is 403 g/mol. The predicted octanol–water partition coefficient (Wildman–Crippen LogP) is 1.46. The molecular weight excluding hydrogens is 382 g/mol. The van der Waals surface area contributed by atoms with Crippen molar-refractivity contribution in [2.24, 2.45) is 0 Å². The Bertz CT molecular complexity index is 973. The maximum Gasteiger partial charge on any atom is 0.255 e. The van der Waals surface area contributed by atoms with Crippen LogP contribution in [0.4, 0.5) is 5.69 Å². The van der Waals surface area contributed by atoms with Gasteiger partial charge in [0.2, 0.25) is 15.9 Å². The van der Waals surface area contributed by atoms with Crippen molar-refractivity contribution in [3.05, 3.63) is 54.1 Å². The number of sulfonamides is 1. The molecule has 8 nitrogen and oxygen atoms in total. The average Bonchev–Trinajstić information content (AvgIpc) is 2.70. The number of rotatable bonds is 6. The summed E-state index contributed by atoms with van der Waals surface area (Å²) in [4.78, 5) is 24.0. The van der Waals surface area contributed by atoms with Gasteiger partial charge in [-0.05, 0) is 49.4 Å². The third kappa shape index (κ3) is 4.49. The van der Waals surface area contributed by atoms with Gasteiger partial charge in [0, 0.05) is 24.3 Å². The van der Waals surface area contributed by atoms with Crippen molar-refractivity contribution < 1.29 is 22.7 Å². The van der Waals surface area contributed by atoms with Gasteiger partial charge in [-0.2, -0.15) is 4.31 Å². The smallest absolute Gasteiger partial charge is 0.255 e. The van der Waals surface area contributed by atoms with Gasteiger partial charge >= 0.3 is 0 Å². The number of nitrogens with zero attached hydrogens (tertiary/aromatic N) is 1. The summed E-state index contributed by atoms with van der Waals surface area (Å²) in [6.45, 7) is 2.65. The third-order valence-electron chi connectivity index (χ3n) is 4.16. The first-order valence-electron chi connectivity index (χ1n) is 8.81. The van der Waals surface area contributed by atoms with Gasteiger partial charge < -0.3 is 15.4 Å². The second-order valence-electron chi connectivity index (χ2n) is 6.13. The zero-order valence-corrected chi connectivity index (χ0v) is 16.2. The number of amides is 2. The number of benzene rings is 2. The molecule has 1 aliphatic rings. The van der Waals surface area contributed by atoms with E-state index in [9.17, 15) is 18.0 Å². The lowest BCUT2D eigenvalue weighted by molar-refractivity contribution is -0.122. The van der Waals surface area contributed by atoms with Crippen molar-refractivity contribution >= 4 is 27.5 Å². The molecule has 0 spiro atoms. The Morgan fingerprint density at radius 3 is 2.64 bits per heavy atom. The molecule has 2 amide bonds. The number of anilines is 1. The van der Waals surface area contributed by atoms with Gasteiger partial charge in [0.25, 0.3) is 5.91 Å². The zero-order valence-electron chi connectivity index (χ0n) is 15.3. The molecule has 2 aromatic carbocycles. The first-order valence-corrected chi connectivity index (χ1v) is 10.3. The molecule has 2 N–H and O–H groups in total. The number of piperazine rings is 1. The number of carbonyl (C=O) groups is 2. The van der Waals surface area contributed by atoms with Crippen molar-refractivity contribution in [2.75, 3.05) is 31.6 Å². The number of nitrogens with one attached hydrogen (secondary N) is 2. The minimum Gasteiger partial charge on any atom is -0.494 e. The van der Waals surface area contributed by atoms with E-state index in [4.69, 9.17) is 4.74 Å². The van der Waals surface area contributed by atoms with Crippen LogP contribution in [0.15, 0.2) is 53.4 Å². The van der Waals surface area contributed by atoms with Crippen LogP contribution in [0.25, 0.3) is 0 Å². The molecule has 0 radical (unpaired) electrons. The van der Waals surface area contributed by atoms with E-state index >= 15 is 0 Å². The molecule has 0 saturated carbocycles. The summed E-state index contributed by atoms with van der Waals surface area (Å²) in [5.41, 5.74) is 0.769. The first-order chi connectivity index (χ1) is 13.4. The number of ether oxygens (including phenoxy) is 1. The van der Waals surface area contributed by atoms with Crippen molar-refractivity contribution in [3.63, 3.8) is 0 Å². The molecule has 1 heterocycles. The Balaban J connectivity index is 1.76. The van der Waals surface area contributed by atoms with Gasteiger partial charge in [-0.3, -0.25) is 9.59 Å². The number of carbonyl (C=O) groups excluding carboxylic acids is 2. The molecule has 148 valence electrons.